The van der Waals surface area contributed by atoms with Crippen molar-refractivity contribution in [2.24, 2.45) is 0 Å². The van der Waals surface area contributed by atoms with Crippen LogP contribution >= 0.6 is 12.2 Å². The molecule has 0 atom stereocenters. The van der Waals surface area contributed by atoms with Crippen LogP contribution in [-0.4, -0.2) is 34.7 Å². The van der Waals surface area contributed by atoms with Gasteiger partial charge in [-0.15, -0.1) is 0 Å². The van der Waals surface area contributed by atoms with Crippen LogP contribution in [0.1, 0.15) is 0 Å². The van der Waals surface area contributed by atoms with Crippen LogP contribution in [0.4, 0.5) is 0 Å². The standard InChI is InChI=1S/CHNS.Co.Na.H/c2-1-3;;;/h2H;;;. The minimum atomic E-state index is 0. The Balaban J connectivity index is -0.0000000200. The van der Waals surface area contributed by atoms with Crippen LogP contribution in [0, 0.1) is 5.41 Å². The van der Waals surface area contributed by atoms with Gasteiger partial charge in [-0.1, -0.05) is 0 Å². The molecule has 0 aliphatic heterocycles. The molecule has 0 aromatic rings. The van der Waals surface area contributed by atoms with Gasteiger partial charge in [-0.3, -0.25) is 0 Å². The average molecular weight is 142 g/mol. The normalized spacial score (nSPS) is 1.60. The van der Waals surface area contributed by atoms with Crippen molar-refractivity contribution in [1.82, 2.24) is 0 Å². The number of rotatable bonds is 0. The van der Waals surface area contributed by atoms with Gasteiger partial charge in [-0.2, -0.15) is 0 Å². The van der Waals surface area contributed by atoms with E-state index in [0.717, 1.165) is 0 Å². The molecule has 0 aliphatic carbocycles. The van der Waals surface area contributed by atoms with Gasteiger partial charge < -0.3 is 0 Å². The summed E-state index contributed by atoms with van der Waals surface area (Å²) in [7, 11) is 0. The van der Waals surface area contributed by atoms with E-state index in [1.165, 1.54) is 0 Å². The van der Waals surface area contributed by atoms with E-state index in [0.29, 0.717) is 0 Å². The van der Waals surface area contributed by atoms with Crippen molar-refractivity contribution in [1.29, 1.82) is 5.41 Å². The Morgan fingerprint density at radius 1 is 1.60 bits per heavy atom. The van der Waals surface area contributed by atoms with Crippen molar-refractivity contribution in [3.05, 3.63) is 0 Å². The third kappa shape index (κ3) is 34.0. The van der Waals surface area contributed by atoms with E-state index >= 15 is 0 Å². The Kier molecular flexibility index (Phi) is 60.1. The third-order valence-corrected chi connectivity index (χ3v) is 0. The molecule has 0 bridgehead atoms. The van der Waals surface area contributed by atoms with E-state index in [-0.39, 0.29) is 46.3 Å². The molecular weight excluding hydrogens is 140 g/mol. The molecule has 0 unspecified atom stereocenters. The SMILES string of the molecule is N=C=S.[Co].[NaH]. The number of thiocarbonyl (C=S) groups is 1. The summed E-state index contributed by atoms with van der Waals surface area (Å²) in [5, 5.41) is 7.36. The van der Waals surface area contributed by atoms with Gasteiger partial charge in [0.1, 0.15) is 0 Å². The molecule has 0 heterocycles. The first-order valence-corrected chi connectivity index (χ1v) is 0.862. The Morgan fingerprint density at radius 2 is 1.60 bits per heavy atom. The van der Waals surface area contributed by atoms with E-state index in [1.54, 1.807) is 5.16 Å². The molecule has 0 aromatic carbocycles. The van der Waals surface area contributed by atoms with Gasteiger partial charge in [0, 0.05) is 16.8 Å². The van der Waals surface area contributed by atoms with Gasteiger partial charge in [0.15, 0.2) is 0 Å². The number of hydrogen-bond donors (Lipinski definition) is 1. The fraction of sp³-hybridized carbons (Fsp3) is 0. The molecular formula is CH2CoNNaS. The molecule has 0 aliphatic rings. The molecule has 0 saturated carbocycles. The van der Waals surface area contributed by atoms with E-state index in [1.807, 2.05) is 0 Å². The maximum absolute atomic E-state index is 5.77. The van der Waals surface area contributed by atoms with Crippen molar-refractivity contribution < 1.29 is 16.8 Å². The van der Waals surface area contributed by atoms with Crippen molar-refractivity contribution in [3.8, 4) is 0 Å². The second kappa shape index (κ2) is 18.5. The molecule has 0 amide bonds. The maximum atomic E-state index is 5.77. The summed E-state index contributed by atoms with van der Waals surface area (Å²) in [6.45, 7) is 0. The van der Waals surface area contributed by atoms with Gasteiger partial charge >= 0.3 is 29.6 Å². The van der Waals surface area contributed by atoms with Gasteiger partial charge in [-0.25, -0.2) is 5.41 Å². The first kappa shape index (κ1) is 16.2. The molecule has 1 nitrogen and oxygen atoms in total. The molecule has 4 heteroatoms. The van der Waals surface area contributed by atoms with Crippen LogP contribution in [0.25, 0.3) is 0 Å². The Hall–Kier alpha value is 1.31. The molecule has 1 N–H and O–H groups in total. The molecule has 1 radical (unpaired) electrons. The van der Waals surface area contributed by atoms with Crippen molar-refractivity contribution >= 4 is 46.9 Å². The first-order chi connectivity index (χ1) is 1.41. The van der Waals surface area contributed by atoms with Gasteiger partial charge in [0.05, 0.1) is 5.16 Å². The predicted octanol–water partition coefficient (Wildman–Crippen LogP) is 0.0170. The molecule has 0 fully saturated rings. The summed E-state index contributed by atoms with van der Waals surface area (Å²) < 4.78 is 0. The van der Waals surface area contributed by atoms with Gasteiger partial charge in [-0.05, 0) is 12.2 Å². The zero-order valence-corrected chi connectivity index (χ0v) is 3.60. The van der Waals surface area contributed by atoms with Gasteiger partial charge in [0.25, 0.3) is 0 Å². The van der Waals surface area contributed by atoms with E-state index < -0.39 is 0 Å². The van der Waals surface area contributed by atoms with Crippen LogP contribution in [-0.2, 0) is 16.8 Å². The van der Waals surface area contributed by atoms with E-state index in [4.69, 9.17) is 5.41 Å². The molecule has 0 spiro atoms. The summed E-state index contributed by atoms with van der Waals surface area (Å²) in [5.74, 6) is 0. The minimum absolute atomic E-state index is 0. The predicted molar refractivity (Wildman–Crippen MR) is 22.5 cm³/mol. The fourth-order valence-corrected chi connectivity index (χ4v) is 0. The summed E-state index contributed by atoms with van der Waals surface area (Å²) in [6, 6.07) is 0. The van der Waals surface area contributed by atoms with Crippen LogP contribution in [0.3, 0.4) is 0 Å². The summed E-state index contributed by atoms with van der Waals surface area (Å²) >= 11 is 3.81. The summed E-state index contributed by atoms with van der Waals surface area (Å²) in [6.07, 6.45) is 0. The van der Waals surface area contributed by atoms with Gasteiger partial charge in [0.2, 0.25) is 0 Å². The topological polar surface area (TPSA) is 23.9 Å². The molecule has 5 heavy (non-hydrogen) atoms. The quantitative estimate of drug-likeness (QED) is 0.287. The second-order valence-corrected chi connectivity index (χ2v) is 0.306. The zero-order valence-electron chi connectivity index (χ0n) is 1.74. The summed E-state index contributed by atoms with van der Waals surface area (Å²) in [4.78, 5) is 0. The van der Waals surface area contributed by atoms with Crippen LogP contribution in [0.15, 0.2) is 0 Å². The molecule has 27 valence electrons. The second-order valence-electron chi connectivity index (χ2n) is 0.102. The Bertz CT molecular complexity index is 32.6. The average Bonchev–Trinajstić information content (AvgIpc) is 0.918. The number of isothiocyanates is 1. The van der Waals surface area contributed by atoms with Crippen molar-refractivity contribution in [2.75, 3.05) is 0 Å². The van der Waals surface area contributed by atoms with Crippen molar-refractivity contribution in [3.63, 3.8) is 0 Å². The monoisotopic (exact) mass is 142 g/mol. The molecule has 0 rings (SSSR count). The van der Waals surface area contributed by atoms with E-state index in [2.05, 4.69) is 12.2 Å². The third-order valence-electron chi connectivity index (χ3n) is 0. The summed E-state index contributed by atoms with van der Waals surface area (Å²) in [5.41, 5.74) is 0. The molecule has 0 aromatic heterocycles. The Morgan fingerprint density at radius 3 is 1.60 bits per heavy atom. The first-order valence-electron chi connectivity index (χ1n) is 0.454. The fourth-order valence-electron chi connectivity index (χ4n) is 0. The van der Waals surface area contributed by atoms with Crippen LogP contribution < -0.4 is 0 Å². The van der Waals surface area contributed by atoms with E-state index in [9.17, 15) is 0 Å². The zero-order chi connectivity index (χ0) is 2.71. The van der Waals surface area contributed by atoms with Crippen LogP contribution in [0.5, 0.6) is 0 Å². The molecule has 0 saturated heterocycles. The van der Waals surface area contributed by atoms with Crippen LogP contribution in [0.2, 0.25) is 0 Å². The number of hydrogen-bond acceptors (Lipinski definition) is 2. The Labute approximate surface area is 68.5 Å². The number of nitrogens with one attached hydrogen (secondary N) is 1. The van der Waals surface area contributed by atoms with Crippen molar-refractivity contribution in [2.45, 2.75) is 0 Å².